The number of ether oxygens (including phenoxy) is 1. The number of hydrogen-bond donors (Lipinski definition) is 2. The zero-order valence-corrected chi connectivity index (χ0v) is 14.2. The Morgan fingerprint density at radius 1 is 1.43 bits per heavy atom. The third-order valence-electron chi connectivity index (χ3n) is 3.54. The summed E-state index contributed by atoms with van der Waals surface area (Å²) in [6.45, 7) is 4.93. The average Bonchev–Trinajstić information content (AvgIpc) is 2.51. The second kappa shape index (κ2) is 7.51. The average molecular weight is 344 g/mol. The molecule has 0 spiro atoms. The molecule has 8 nitrogen and oxygen atoms in total. The van der Waals surface area contributed by atoms with Crippen LogP contribution in [0.4, 0.5) is 0 Å². The van der Waals surface area contributed by atoms with Crippen LogP contribution in [0.15, 0.2) is 17.2 Å². The lowest BCUT2D eigenvalue weighted by Crippen LogP contribution is -2.44. The Kier molecular flexibility index (Phi) is 6.22. The number of hydrogen-bond acceptors (Lipinski definition) is 6. The van der Waals surface area contributed by atoms with E-state index < -0.39 is 33.9 Å². The molecule has 0 aliphatic carbocycles. The Morgan fingerprint density at radius 3 is 2.52 bits per heavy atom. The summed E-state index contributed by atoms with van der Waals surface area (Å²) >= 11 is 0. The number of pyridine rings is 1. The van der Waals surface area contributed by atoms with Gasteiger partial charge in [-0.05, 0) is 18.9 Å². The third-order valence-corrected chi connectivity index (χ3v) is 4.95. The summed E-state index contributed by atoms with van der Waals surface area (Å²) in [5, 5.41) is 9.19. The zero-order chi connectivity index (χ0) is 17.8. The number of aryl methyl sites for hydroxylation is 1. The molecular formula is C14H20N2O6S. The Morgan fingerprint density at radius 2 is 2.04 bits per heavy atom. The topological polar surface area (TPSA) is 123 Å². The Hall–Kier alpha value is -2.00. The number of nitrogens with one attached hydrogen (secondary N) is 1. The van der Waals surface area contributed by atoms with Crippen LogP contribution < -0.4 is 4.72 Å². The predicted molar refractivity (Wildman–Crippen MR) is 81.5 cm³/mol. The van der Waals surface area contributed by atoms with Gasteiger partial charge in [0.1, 0.15) is 10.9 Å². The van der Waals surface area contributed by atoms with E-state index in [4.69, 9.17) is 0 Å². The van der Waals surface area contributed by atoms with Crippen LogP contribution in [0.5, 0.6) is 0 Å². The number of carbonyl (C=O) groups is 2. The molecule has 0 amide bonds. The molecule has 0 aliphatic heterocycles. The molecule has 0 saturated carbocycles. The van der Waals surface area contributed by atoms with Crippen molar-refractivity contribution in [3.63, 3.8) is 0 Å². The maximum Gasteiger partial charge on any atom is 0.339 e. The molecular weight excluding hydrogens is 324 g/mol. The van der Waals surface area contributed by atoms with Crippen LogP contribution in [0.25, 0.3) is 0 Å². The van der Waals surface area contributed by atoms with Gasteiger partial charge in [-0.3, -0.25) is 9.78 Å². The second-order valence-electron chi connectivity index (χ2n) is 5.12. The molecule has 128 valence electrons. The predicted octanol–water partition coefficient (Wildman–Crippen LogP) is 0.954. The number of sulfonamides is 1. The Bertz CT molecular complexity index is 701. The van der Waals surface area contributed by atoms with Crippen LogP contribution in [0.2, 0.25) is 0 Å². The van der Waals surface area contributed by atoms with Crippen molar-refractivity contribution in [3.05, 3.63) is 23.5 Å². The zero-order valence-electron chi connectivity index (χ0n) is 13.4. The normalized spacial score (nSPS) is 14.1. The SMILES string of the molecule is CC[C@H](C)[C@H](NS(=O)(=O)c1cnc(C)c(C(=O)OC)c1)C(=O)O. The maximum absolute atomic E-state index is 12.4. The molecule has 9 heteroatoms. The van der Waals surface area contributed by atoms with Gasteiger partial charge in [-0.25, -0.2) is 13.2 Å². The van der Waals surface area contributed by atoms with Gasteiger partial charge in [-0.15, -0.1) is 0 Å². The number of aliphatic carboxylic acids is 1. The third kappa shape index (κ3) is 4.49. The fourth-order valence-corrected chi connectivity index (χ4v) is 3.13. The lowest BCUT2D eigenvalue weighted by molar-refractivity contribution is -0.140. The monoisotopic (exact) mass is 344 g/mol. The Balaban J connectivity index is 3.23. The van der Waals surface area contributed by atoms with Gasteiger partial charge in [0.05, 0.1) is 18.4 Å². The van der Waals surface area contributed by atoms with Crippen LogP contribution in [0.3, 0.4) is 0 Å². The molecule has 2 atom stereocenters. The van der Waals surface area contributed by atoms with Crippen LogP contribution in [-0.2, 0) is 19.6 Å². The molecule has 0 aromatic carbocycles. The van der Waals surface area contributed by atoms with Gasteiger partial charge in [-0.1, -0.05) is 20.3 Å². The molecule has 0 aliphatic rings. The summed E-state index contributed by atoms with van der Waals surface area (Å²) in [6.07, 6.45) is 1.55. The highest BCUT2D eigenvalue weighted by Gasteiger charge is 2.30. The summed E-state index contributed by atoms with van der Waals surface area (Å²) in [4.78, 5) is 26.5. The van der Waals surface area contributed by atoms with Crippen molar-refractivity contribution < 1.29 is 27.9 Å². The summed E-state index contributed by atoms with van der Waals surface area (Å²) in [7, 11) is -2.97. The molecule has 0 saturated heterocycles. The van der Waals surface area contributed by atoms with Crippen molar-refractivity contribution in [2.45, 2.75) is 38.1 Å². The van der Waals surface area contributed by atoms with Crippen molar-refractivity contribution in [2.24, 2.45) is 5.92 Å². The number of nitrogens with zero attached hydrogens (tertiary/aromatic N) is 1. The highest BCUT2D eigenvalue weighted by molar-refractivity contribution is 7.89. The highest BCUT2D eigenvalue weighted by atomic mass is 32.2. The Labute approximate surface area is 134 Å². The molecule has 2 N–H and O–H groups in total. The number of methoxy groups -OCH3 is 1. The number of esters is 1. The van der Waals surface area contributed by atoms with E-state index in [0.717, 1.165) is 12.3 Å². The summed E-state index contributed by atoms with van der Waals surface area (Å²) in [6, 6.07) is -0.153. The van der Waals surface area contributed by atoms with E-state index in [0.29, 0.717) is 12.1 Å². The summed E-state index contributed by atoms with van der Waals surface area (Å²) < 4.78 is 31.5. The summed E-state index contributed by atoms with van der Waals surface area (Å²) in [5.74, 6) is -2.39. The quantitative estimate of drug-likeness (QED) is 0.706. The first-order valence-corrected chi connectivity index (χ1v) is 8.42. The number of aromatic nitrogens is 1. The van der Waals surface area contributed by atoms with Gasteiger partial charge >= 0.3 is 11.9 Å². The van der Waals surface area contributed by atoms with E-state index in [-0.39, 0.29) is 10.5 Å². The molecule has 0 unspecified atom stereocenters. The van der Waals surface area contributed by atoms with E-state index in [1.165, 1.54) is 14.0 Å². The molecule has 1 heterocycles. The number of rotatable bonds is 7. The maximum atomic E-state index is 12.4. The fraction of sp³-hybridized carbons (Fsp3) is 0.500. The van der Waals surface area contributed by atoms with E-state index in [2.05, 4.69) is 14.4 Å². The van der Waals surface area contributed by atoms with Gasteiger partial charge in [0.2, 0.25) is 10.0 Å². The van der Waals surface area contributed by atoms with Gasteiger partial charge in [0.25, 0.3) is 0 Å². The minimum Gasteiger partial charge on any atom is -0.480 e. The van der Waals surface area contributed by atoms with Crippen LogP contribution in [0, 0.1) is 12.8 Å². The molecule has 0 bridgehead atoms. The van der Waals surface area contributed by atoms with Gasteiger partial charge in [0, 0.05) is 6.20 Å². The van der Waals surface area contributed by atoms with Gasteiger partial charge in [0.15, 0.2) is 0 Å². The molecule has 1 rings (SSSR count). The van der Waals surface area contributed by atoms with Crippen molar-refractivity contribution >= 4 is 22.0 Å². The highest BCUT2D eigenvalue weighted by Crippen LogP contribution is 2.17. The smallest absolute Gasteiger partial charge is 0.339 e. The minimum absolute atomic E-state index is 0.00536. The molecule has 1 aromatic heterocycles. The van der Waals surface area contributed by atoms with Crippen molar-refractivity contribution in [3.8, 4) is 0 Å². The van der Waals surface area contributed by atoms with Gasteiger partial charge in [-0.2, -0.15) is 4.72 Å². The van der Waals surface area contributed by atoms with Crippen LogP contribution in [-0.4, -0.2) is 43.6 Å². The van der Waals surface area contributed by atoms with Crippen molar-refractivity contribution in [1.29, 1.82) is 0 Å². The molecule has 1 aromatic rings. The van der Waals surface area contributed by atoms with E-state index in [1.807, 2.05) is 0 Å². The molecule has 23 heavy (non-hydrogen) atoms. The number of carbonyl (C=O) groups excluding carboxylic acids is 1. The minimum atomic E-state index is -4.14. The number of carboxylic acid groups (broad SMARTS) is 1. The second-order valence-corrected chi connectivity index (χ2v) is 6.83. The first-order valence-electron chi connectivity index (χ1n) is 6.94. The fourth-order valence-electron chi connectivity index (χ4n) is 1.86. The van der Waals surface area contributed by atoms with E-state index >= 15 is 0 Å². The lowest BCUT2D eigenvalue weighted by atomic mass is 10.0. The lowest BCUT2D eigenvalue weighted by Gasteiger charge is -2.20. The number of carboxylic acids is 1. The molecule has 0 fully saturated rings. The van der Waals surface area contributed by atoms with E-state index in [1.54, 1.807) is 13.8 Å². The standard InChI is InChI=1S/C14H20N2O6S/c1-5-8(2)12(13(17)18)16-23(20,21)10-6-11(14(19)22-4)9(3)15-7-10/h6-8,12,16H,5H2,1-4H3,(H,17,18)/t8-,12-/m0/s1. The van der Waals surface area contributed by atoms with E-state index in [9.17, 15) is 23.1 Å². The molecule has 0 radical (unpaired) electrons. The van der Waals surface area contributed by atoms with Crippen LogP contribution in [0.1, 0.15) is 36.3 Å². The largest absolute Gasteiger partial charge is 0.480 e. The van der Waals surface area contributed by atoms with Crippen LogP contribution >= 0.6 is 0 Å². The van der Waals surface area contributed by atoms with Crippen molar-refractivity contribution in [2.75, 3.05) is 7.11 Å². The summed E-state index contributed by atoms with van der Waals surface area (Å²) in [5.41, 5.74) is 0.318. The first-order chi connectivity index (χ1) is 10.6. The first kappa shape index (κ1) is 19.0. The van der Waals surface area contributed by atoms with Gasteiger partial charge < -0.3 is 9.84 Å². The van der Waals surface area contributed by atoms with Crippen molar-refractivity contribution in [1.82, 2.24) is 9.71 Å².